The lowest BCUT2D eigenvalue weighted by Crippen LogP contribution is -2.53. The van der Waals surface area contributed by atoms with E-state index in [9.17, 15) is 23.5 Å². The number of carboxylic acid groups (broad SMARTS) is 1. The lowest BCUT2D eigenvalue weighted by atomic mass is 9.90. The molecule has 1 heterocycles. The van der Waals surface area contributed by atoms with Gasteiger partial charge in [-0.05, 0) is 24.2 Å². The molecule has 1 saturated heterocycles. The van der Waals surface area contributed by atoms with Crippen molar-refractivity contribution in [1.29, 1.82) is 0 Å². The molecule has 0 aliphatic carbocycles. The summed E-state index contributed by atoms with van der Waals surface area (Å²) in [4.78, 5) is 23.8. The summed E-state index contributed by atoms with van der Waals surface area (Å²) >= 11 is 2.04. The molecule has 0 aromatic heterocycles. The molecule has 1 rings (SSSR count). The first kappa shape index (κ1) is 16.4. The fourth-order valence-electron chi connectivity index (χ4n) is 2.28. The summed E-state index contributed by atoms with van der Waals surface area (Å²) in [6.07, 6.45) is -1.40. The summed E-state index contributed by atoms with van der Waals surface area (Å²) in [5.74, 6) is -4.60. The van der Waals surface area contributed by atoms with E-state index in [1.807, 2.05) is 22.6 Å². The lowest BCUT2D eigenvalue weighted by molar-refractivity contribution is -0.149. The van der Waals surface area contributed by atoms with Gasteiger partial charge < -0.3 is 9.84 Å². The second-order valence-corrected chi connectivity index (χ2v) is 5.53. The summed E-state index contributed by atoms with van der Waals surface area (Å²) in [6.45, 7) is 0.654. The average Bonchev–Trinajstić information content (AvgIpc) is 2.60. The minimum atomic E-state index is -3.20. The number of halogens is 3. The summed E-state index contributed by atoms with van der Waals surface area (Å²) in [5, 5.41) is 9.32. The molecule has 19 heavy (non-hydrogen) atoms. The van der Waals surface area contributed by atoms with Crippen LogP contribution in [0.4, 0.5) is 13.6 Å². The molecule has 0 spiro atoms. The number of likely N-dealkylation sites (tertiary alicyclic amines) is 1. The Kier molecular flexibility index (Phi) is 5.34. The van der Waals surface area contributed by atoms with Crippen molar-refractivity contribution in [2.75, 3.05) is 17.6 Å². The zero-order chi connectivity index (χ0) is 14.7. The number of nitrogens with zero attached hydrogens (tertiary/aromatic N) is 1. The highest BCUT2D eigenvalue weighted by atomic mass is 127. The van der Waals surface area contributed by atoms with Gasteiger partial charge >= 0.3 is 12.1 Å². The summed E-state index contributed by atoms with van der Waals surface area (Å²) in [6, 6.07) is 0. The lowest BCUT2D eigenvalue weighted by Gasteiger charge is -2.32. The maximum atomic E-state index is 13.6. The smallest absolute Gasteiger partial charge is 0.410 e. The molecular formula is C11H16F2INO4. The molecule has 1 aliphatic rings. The molecule has 0 aromatic carbocycles. The van der Waals surface area contributed by atoms with E-state index >= 15 is 0 Å². The fourth-order valence-corrected chi connectivity index (χ4v) is 2.66. The van der Waals surface area contributed by atoms with Gasteiger partial charge in [0.2, 0.25) is 0 Å². The molecule has 8 heteroatoms. The van der Waals surface area contributed by atoms with E-state index in [0.29, 0.717) is 15.7 Å². The third-order valence-corrected chi connectivity index (χ3v) is 3.83. The molecule has 1 fully saturated rings. The highest BCUT2D eigenvalue weighted by Gasteiger charge is 2.61. The van der Waals surface area contributed by atoms with Crippen LogP contribution in [0.15, 0.2) is 0 Å². The predicted molar refractivity (Wildman–Crippen MR) is 71.8 cm³/mol. The Morgan fingerprint density at radius 2 is 2.11 bits per heavy atom. The van der Waals surface area contributed by atoms with Crippen LogP contribution in [0.5, 0.6) is 0 Å². The monoisotopic (exact) mass is 391 g/mol. The van der Waals surface area contributed by atoms with E-state index in [4.69, 9.17) is 4.74 Å². The van der Waals surface area contributed by atoms with E-state index < -0.39 is 36.5 Å². The van der Waals surface area contributed by atoms with Gasteiger partial charge in [-0.15, -0.1) is 0 Å². The predicted octanol–water partition coefficient (Wildman–Crippen LogP) is 2.52. The van der Waals surface area contributed by atoms with Gasteiger partial charge in [-0.3, -0.25) is 4.90 Å². The minimum Gasteiger partial charge on any atom is -0.479 e. The maximum absolute atomic E-state index is 13.6. The van der Waals surface area contributed by atoms with Crippen molar-refractivity contribution in [2.24, 2.45) is 0 Å². The number of hydrogen-bond donors (Lipinski definition) is 1. The number of carbonyl (C=O) groups is 2. The summed E-state index contributed by atoms with van der Waals surface area (Å²) in [5.41, 5.74) is -1.86. The van der Waals surface area contributed by atoms with Gasteiger partial charge in [-0.2, -0.15) is 0 Å². The zero-order valence-corrected chi connectivity index (χ0v) is 12.7. The maximum Gasteiger partial charge on any atom is 0.410 e. The normalized spacial score (nSPS) is 25.4. The molecule has 0 aromatic rings. The molecule has 1 amide bonds. The number of ether oxygens (including phenoxy) is 1. The number of carboxylic acids is 1. The molecule has 1 unspecified atom stereocenters. The van der Waals surface area contributed by atoms with Gasteiger partial charge in [-0.25, -0.2) is 18.4 Å². The highest BCUT2D eigenvalue weighted by Crippen LogP contribution is 2.43. The molecule has 110 valence electrons. The van der Waals surface area contributed by atoms with Crippen LogP contribution in [0.1, 0.15) is 26.2 Å². The van der Waals surface area contributed by atoms with Gasteiger partial charge in [0.15, 0.2) is 0 Å². The van der Waals surface area contributed by atoms with Crippen LogP contribution in [-0.4, -0.2) is 51.1 Å². The Hall–Kier alpha value is -0.670. The van der Waals surface area contributed by atoms with Crippen LogP contribution >= 0.6 is 22.6 Å². The van der Waals surface area contributed by atoms with Gasteiger partial charge in [0.1, 0.15) is 5.54 Å². The van der Waals surface area contributed by atoms with Crippen LogP contribution in [0.25, 0.3) is 0 Å². The molecule has 0 saturated carbocycles. The Balaban J connectivity index is 3.07. The summed E-state index contributed by atoms with van der Waals surface area (Å²) in [7, 11) is 0. The molecule has 0 bridgehead atoms. The van der Waals surface area contributed by atoms with E-state index in [1.54, 1.807) is 6.92 Å². The highest BCUT2D eigenvalue weighted by molar-refractivity contribution is 14.1. The number of carbonyl (C=O) groups excluding carboxylic acids is 1. The van der Waals surface area contributed by atoms with E-state index in [2.05, 4.69) is 0 Å². The average molecular weight is 391 g/mol. The van der Waals surface area contributed by atoms with E-state index in [-0.39, 0.29) is 13.0 Å². The third-order valence-electron chi connectivity index (χ3n) is 3.07. The molecule has 1 N–H and O–H groups in total. The van der Waals surface area contributed by atoms with E-state index in [1.165, 1.54) is 0 Å². The first-order valence-corrected chi connectivity index (χ1v) is 7.43. The van der Waals surface area contributed by atoms with Crippen molar-refractivity contribution in [3.63, 3.8) is 0 Å². The largest absolute Gasteiger partial charge is 0.479 e. The van der Waals surface area contributed by atoms with Crippen LogP contribution in [-0.2, 0) is 9.53 Å². The number of amides is 1. The Morgan fingerprint density at radius 3 is 2.58 bits per heavy atom. The molecule has 1 aliphatic heterocycles. The van der Waals surface area contributed by atoms with E-state index in [0.717, 1.165) is 0 Å². The quantitative estimate of drug-likeness (QED) is 0.578. The number of rotatable bonds is 5. The van der Waals surface area contributed by atoms with Crippen LogP contribution in [0, 0.1) is 0 Å². The second kappa shape index (κ2) is 6.19. The van der Waals surface area contributed by atoms with Crippen molar-refractivity contribution < 1.29 is 28.2 Å². The van der Waals surface area contributed by atoms with Gasteiger partial charge in [0, 0.05) is 6.42 Å². The SMILES string of the molecule is CCOC(=O)N1CC(F)(F)CC1(CCCI)C(=O)O. The summed E-state index contributed by atoms with van der Waals surface area (Å²) < 4.78 is 32.5. The van der Waals surface area contributed by atoms with Crippen molar-refractivity contribution >= 4 is 34.7 Å². The Morgan fingerprint density at radius 1 is 1.47 bits per heavy atom. The van der Waals surface area contributed by atoms with Crippen molar-refractivity contribution in [1.82, 2.24) is 4.90 Å². The molecule has 5 nitrogen and oxygen atoms in total. The van der Waals surface area contributed by atoms with Crippen LogP contribution in [0.3, 0.4) is 0 Å². The Labute approximate surface area is 123 Å². The van der Waals surface area contributed by atoms with Crippen molar-refractivity contribution in [3.8, 4) is 0 Å². The van der Waals surface area contributed by atoms with Crippen molar-refractivity contribution in [2.45, 2.75) is 37.6 Å². The van der Waals surface area contributed by atoms with Crippen LogP contribution < -0.4 is 0 Å². The molecule has 1 atom stereocenters. The minimum absolute atomic E-state index is 0.000320. The first-order chi connectivity index (χ1) is 8.79. The standard InChI is InChI=1S/C11H16F2INO4/c1-2-19-9(18)15-7-11(12,13)6-10(15,8(16)17)4-3-5-14/h2-7H2,1H3,(H,16,17). The number of alkyl halides is 3. The zero-order valence-electron chi connectivity index (χ0n) is 10.5. The van der Waals surface area contributed by atoms with Crippen molar-refractivity contribution in [3.05, 3.63) is 0 Å². The second-order valence-electron chi connectivity index (χ2n) is 4.45. The van der Waals surface area contributed by atoms with Gasteiger partial charge in [0.25, 0.3) is 5.92 Å². The fraction of sp³-hybridized carbons (Fsp3) is 0.818. The Bertz CT molecular complexity index is 367. The van der Waals surface area contributed by atoms with Gasteiger partial charge in [0.05, 0.1) is 13.2 Å². The number of aliphatic carboxylic acids is 1. The molecular weight excluding hydrogens is 375 g/mol. The van der Waals surface area contributed by atoms with Gasteiger partial charge in [-0.1, -0.05) is 22.6 Å². The number of hydrogen-bond acceptors (Lipinski definition) is 3. The van der Waals surface area contributed by atoms with Crippen LogP contribution in [0.2, 0.25) is 0 Å². The molecule has 0 radical (unpaired) electrons. The first-order valence-electron chi connectivity index (χ1n) is 5.90. The third kappa shape index (κ3) is 3.46. The topological polar surface area (TPSA) is 66.8 Å².